The molecule has 79 heavy (non-hydrogen) atoms. The number of amides is 1. The van der Waals surface area contributed by atoms with Crippen LogP contribution in [0.3, 0.4) is 0 Å². The summed E-state index contributed by atoms with van der Waals surface area (Å²) in [7, 11) is 5.18. The van der Waals surface area contributed by atoms with Crippen LogP contribution in [0.5, 0.6) is 34.5 Å². The molecule has 1 aliphatic carbocycles. The van der Waals surface area contributed by atoms with Crippen LogP contribution in [-0.2, 0) is 75.8 Å². The van der Waals surface area contributed by atoms with Crippen molar-refractivity contribution in [3.63, 3.8) is 0 Å². The van der Waals surface area contributed by atoms with E-state index in [1.165, 1.54) is 0 Å². The molecule has 1 aliphatic rings. The second-order valence-corrected chi connectivity index (χ2v) is 28.7. The Kier molecular flexibility index (Phi) is 16.7. The van der Waals surface area contributed by atoms with Gasteiger partial charge in [0.15, 0.2) is 6.61 Å². The minimum atomic E-state index is -0.575. The van der Waals surface area contributed by atoms with Crippen LogP contribution in [0.25, 0.3) is 0 Å². The van der Waals surface area contributed by atoms with E-state index in [-0.39, 0.29) is 50.6 Å². The van der Waals surface area contributed by atoms with Crippen LogP contribution in [0.2, 0.25) is 0 Å². The molecule has 0 aromatic heterocycles. The van der Waals surface area contributed by atoms with Crippen molar-refractivity contribution >= 4 is 5.91 Å². The molecule has 424 valence electrons. The average Bonchev–Trinajstić information content (AvgIpc) is 3.37. The summed E-state index contributed by atoms with van der Waals surface area (Å²) >= 11 is 0. The van der Waals surface area contributed by atoms with Crippen molar-refractivity contribution in [1.82, 2.24) is 0 Å². The molecule has 0 spiro atoms. The number of phenols is 2. The molecule has 0 saturated heterocycles. The first kappa shape index (κ1) is 60.2. The second kappa shape index (κ2) is 21.9. The summed E-state index contributed by atoms with van der Waals surface area (Å²) in [6.07, 6.45) is 2.41. The Bertz CT molecular complexity index is 3090. The summed E-state index contributed by atoms with van der Waals surface area (Å²) in [4.78, 5) is 12.8. The van der Waals surface area contributed by atoms with E-state index >= 15 is 0 Å². The molecular formula is C71H93NO7. The average molecular weight is 1070 g/mol. The third-order valence-electron chi connectivity index (χ3n) is 16.0. The summed E-state index contributed by atoms with van der Waals surface area (Å²) in [6.45, 7) is 39.6. The van der Waals surface area contributed by atoms with Gasteiger partial charge in [-0.3, -0.25) is 4.79 Å². The van der Waals surface area contributed by atoms with E-state index in [0.717, 1.165) is 117 Å². The number of carbonyl (C=O) groups excluding carboxylic acids is 1. The summed E-state index contributed by atoms with van der Waals surface area (Å²) in [5.74, 6) is 2.66. The molecule has 1 amide bonds. The smallest absolute Gasteiger partial charge is 0.255 e. The number of methoxy groups -OCH3 is 3. The van der Waals surface area contributed by atoms with Gasteiger partial charge in [0.1, 0.15) is 34.5 Å². The molecule has 0 saturated carbocycles. The number of rotatable bonds is 6. The maximum atomic E-state index is 12.8. The molecule has 12 bridgehead atoms. The van der Waals surface area contributed by atoms with Crippen molar-refractivity contribution in [2.75, 3.05) is 27.9 Å². The van der Waals surface area contributed by atoms with Crippen molar-refractivity contribution < 1.29 is 34.0 Å². The number of aromatic hydroxyl groups is 2. The van der Waals surface area contributed by atoms with Gasteiger partial charge >= 0.3 is 0 Å². The molecule has 4 N–H and O–H groups in total. The standard InChI is InChI=1S/C71H93NO7/c1-66(2,3)53-28-41-22-45-32-55(68(7,8)9)33-46(62(45)76-19)23-42-29-54(67(4,5)6)31-44(61(42)75)25-48-35-57(70(13,14)15)37-50(64(48)78-21)27-52-39-58(71(16,17)18)38-51(65(52)79-40-59(72)73)26-49-36-56(69(10,11)12)34-47(63(49)77-20)24-43(30-53)60(41)74/h28-39,74-75H,22-27,40H2,1-21H3,(H2,72,73). The van der Waals surface area contributed by atoms with Crippen LogP contribution in [0.1, 0.15) is 225 Å². The number of benzene rings is 6. The van der Waals surface area contributed by atoms with Crippen molar-refractivity contribution in [3.05, 3.63) is 173 Å². The highest BCUT2D eigenvalue weighted by atomic mass is 16.5. The number of phenolic OH excluding ortho intramolecular Hbond substituents is 2. The predicted molar refractivity (Wildman–Crippen MR) is 325 cm³/mol. The first-order chi connectivity index (χ1) is 36.4. The van der Waals surface area contributed by atoms with Gasteiger partial charge in [0.05, 0.1) is 21.3 Å². The van der Waals surface area contributed by atoms with Crippen LogP contribution in [0.15, 0.2) is 72.8 Å². The summed E-state index contributed by atoms with van der Waals surface area (Å²) in [6, 6.07) is 26.5. The molecule has 0 fully saturated rings. The molecule has 0 radical (unpaired) electrons. The predicted octanol–water partition coefficient (Wildman–Crippen LogP) is 15.6. The fourth-order valence-electron chi connectivity index (χ4n) is 11.1. The van der Waals surface area contributed by atoms with Crippen LogP contribution < -0.4 is 24.7 Å². The van der Waals surface area contributed by atoms with Crippen molar-refractivity contribution in [2.24, 2.45) is 5.73 Å². The Balaban J connectivity index is 1.65. The Morgan fingerprint density at radius 1 is 0.342 bits per heavy atom. The number of carbonyl (C=O) groups is 1. The molecule has 6 aromatic rings. The molecule has 8 heteroatoms. The summed E-state index contributed by atoms with van der Waals surface area (Å²) < 4.78 is 26.2. The van der Waals surface area contributed by atoms with Crippen LogP contribution in [-0.4, -0.2) is 44.1 Å². The van der Waals surface area contributed by atoms with Gasteiger partial charge in [0.2, 0.25) is 0 Å². The summed E-state index contributed by atoms with van der Waals surface area (Å²) in [5, 5.41) is 25.6. The Morgan fingerprint density at radius 2 is 0.506 bits per heavy atom. The highest BCUT2D eigenvalue weighted by molar-refractivity contribution is 5.75. The molecule has 0 aliphatic heterocycles. The Hall–Kier alpha value is -6.41. The number of primary amides is 1. The number of ether oxygens (including phenoxy) is 4. The van der Waals surface area contributed by atoms with Gasteiger partial charge in [-0.15, -0.1) is 0 Å². The molecular weight excluding hydrogens is 979 g/mol. The number of nitrogens with two attached hydrogens (primary N) is 1. The molecule has 0 atom stereocenters. The van der Waals surface area contributed by atoms with Gasteiger partial charge in [0.25, 0.3) is 5.91 Å². The minimum Gasteiger partial charge on any atom is -0.507 e. The zero-order valence-corrected chi connectivity index (χ0v) is 51.9. The number of hydrogen-bond donors (Lipinski definition) is 3. The normalized spacial score (nSPS) is 13.8. The first-order valence-electron chi connectivity index (χ1n) is 28.3. The lowest BCUT2D eigenvalue weighted by Gasteiger charge is -2.28. The molecule has 6 aromatic carbocycles. The third kappa shape index (κ3) is 13.4. The maximum absolute atomic E-state index is 12.8. The van der Waals surface area contributed by atoms with E-state index in [0.29, 0.717) is 44.3 Å². The second-order valence-electron chi connectivity index (χ2n) is 28.7. The van der Waals surface area contributed by atoms with Crippen LogP contribution in [0, 0.1) is 0 Å². The van der Waals surface area contributed by atoms with E-state index < -0.39 is 5.91 Å². The lowest BCUT2D eigenvalue weighted by atomic mass is 9.79. The Labute approximate surface area is 474 Å². The number of hydrogen-bond acceptors (Lipinski definition) is 7. The summed E-state index contributed by atoms with van der Waals surface area (Å²) in [5.41, 5.74) is 21.7. The quantitative estimate of drug-likeness (QED) is 0.152. The lowest BCUT2D eigenvalue weighted by Crippen LogP contribution is -2.22. The first-order valence-corrected chi connectivity index (χ1v) is 28.3. The van der Waals surface area contributed by atoms with Crippen LogP contribution in [0.4, 0.5) is 0 Å². The van der Waals surface area contributed by atoms with Crippen molar-refractivity contribution in [3.8, 4) is 34.5 Å². The third-order valence-corrected chi connectivity index (χ3v) is 16.0. The van der Waals surface area contributed by atoms with E-state index in [1.54, 1.807) is 21.3 Å². The van der Waals surface area contributed by atoms with Gasteiger partial charge in [-0.25, -0.2) is 0 Å². The highest BCUT2D eigenvalue weighted by Gasteiger charge is 2.30. The number of fused-ring (bicyclic) bond motifs is 12. The van der Waals surface area contributed by atoms with E-state index in [9.17, 15) is 15.0 Å². The van der Waals surface area contributed by atoms with Gasteiger partial charge < -0.3 is 34.9 Å². The topological polar surface area (TPSA) is 120 Å². The van der Waals surface area contributed by atoms with Crippen LogP contribution >= 0.6 is 0 Å². The molecule has 7 rings (SSSR count). The van der Waals surface area contributed by atoms with Crippen molar-refractivity contribution in [2.45, 2.75) is 196 Å². The largest absolute Gasteiger partial charge is 0.507 e. The Morgan fingerprint density at radius 3 is 0.671 bits per heavy atom. The zero-order valence-electron chi connectivity index (χ0n) is 51.9. The van der Waals surface area contributed by atoms with Gasteiger partial charge in [0, 0.05) is 38.5 Å². The van der Waals surface area contributed by atoms with E-state index in [1.807, 2.05) is 0 Å². The van der Waals surface area contributed by atoms with E-state index in [2.05, 4.69) is 197 Å². The molecule has 0 heterocycles. The molecule has 8 nitrogen and oxygen atoms in total. The fraction of sp³-hybridized carbons (Fsp3) is 0.479. The fourth-order valence-corrected chi connectivity index (χ4v) is 11.1. The van der Waals surface area contributed by atoms with Gasteiger partial charge in [-0.05, 0) is 133 Å². The maximum Gasteiger partial charge on any atom is 0.255 e. The van der Waals surface area contributed by atoms with Crippen molar-refractivity contribution in [1.29, 1.82) is 0 Å². The highest BCUT2D eigenvalue weighted by Crippen LogP contribution is 2.46. The zero-order chi connectivity index (χ0) is 58.7. The lowest BCUT2D eigenvalue weighted by molar-refractivity contribution is -0.119. The minimum absolute atomic E-state index is 0.232. The monoisotopic (exact) mass is 1070 g/mol. The van der Waals surface area contributed by atoms with Gasteiger partial charge in [-0.2, -0.15) is 0 Å². The van der Waals surface area contributed by atoms with E-state index in [4.69, 9.17) is 24.7 Å². The molecule has 0 unspecified atom stereocenters. The van der Waals surface area contributed by atoms with Gasteiger partial charge in [-0.1, -0.05) is 197 Å². The SMILES string of the molecule is COc1c2cc(C(C)(C)C)cc1Cc1cc(C(C)(C)C)cc(c1O)Cc1cc(C(C)(C)C)cc(c1OC)Cc1cc(C(C)(C)C)cc(c1OCC(N)=O)Cc1cc(C(C)(C)C)cc(c1OC)Cc1cc(C(C)(C)C)cc(c1O)C2.